The molecule has 0 heterocycles. The van der Waals surface area contributed by atoms with Gasteiger partial charge in [-0.05, 0) is 39.0 Å². The molecule has 1 rings (SSSR count). The summed E-state index contributed by atoms with van der Waals surface area (Å²) in [6, 6.07) is 6.83. The van der Waals surface area contributed by atoms with Crippen LogP contribution in [0, 0.1) is 0 Å². The highest BCUT2D eigenvalue weighted by Crippen LogP contribution is 2.16. The first-order chi connectivity index (χ1) is 11.1. The van der Waals surface area contributed by atoms with Gasteiger partial charge in [0.25, 0.3) is 0 Å². The maximum atomic E-state index is 10.9. The molecule has 0 spiro atoms. The summed E-state index contributed by atoms with van der Waals surface area (Å²) in [5, 5.41) is 12.0. The Kier molecular flexibility index (Phi) is 22.0. The highest BCUT2D eigenvalue weighted by Gasteiger charge is 2.07. The van der Waals surface area contributed by atoms with Crippen LogP contribution in [0.4, 0.5) is 5.69 Å². The fraction of sp³-hybridized carbons (Fsp3) is 0.350. The first-order valence-electron chi connectivity index (χ1n) is 8.02. The van der Waals surface area contributed by atoms with E-state index in [9.17, 15) is 4.79 Å². The predicted octanol–water partition coefficient (Wildman–Crippen LogP) is 6.52. The van der Waals surface area contributed by atoms with E-state index in [1.165, 1.54) is 0 Å². The molecule has 0 radical (unpaired) electrons. The summed E-state index contributed by atoms with van der Waals surface area (Å²) in [5.41, 5.74) is 1.77. The van der Waals surface area contributed by atoms with Gasteiger partial charge in [-0.15, -0.1) is 6.58 Å². The van der Waals surface area contributed by atoms with E-state index in [1.54, 1.807) is 30.3 Å². The predicted molar refractivity (Wildman–Crippen MR) is 104 cm³/mol. The van der Waals surface area contributed by atoms with Crippen molar-refractivity contribution in [3.05, 3.63) is 66.4 Å². The zero-order valence-corrected chi connectivity index (χ0v) is 15.7. The van der Waals surface area contributed by atoms with Gasteiger partial charge in [0.1, 0.15) is 0 Å². The molecule has 1 aromatic rings. The average Bonchev–Trinajstić information content (AvgIpc) is 2.57. The summed E-state index contributed by atoms with van der Waals surface area (Å²) in [4.78, 5) is 10.9. The fourth-order valence-electron chi connectivity index (χ4n) is 1.27. The number of carboxylic acid groups (broad SMARTS) is 1. The second kappa shape index (κ2) is 19.7. The number of hydrogen-bond donors (Lipinski definition) is 2. The van der Waals surface area contributed by atoms with Gasteiger partial charge in [-0.2, -0.15) is 0 Å². The molecule has 0 aromatic heterocycles. The van der Waals surface area contributed by atoms with Crippen LogP contribution < -0.4 is 5.32 Å². The number of hydrogen-bond acceptors (Lipinski definition) is 2. The second-order valence-corrected chi connectivity index (χ2v) is 3.76. The van der Waals surface area contributed by atoms with Crippen LogP contribution in [-0.4, -0.2) is 11.1 Å². The second-order valence-electron chi connectivity index (χ2n) is 3.76. The van der Waals surface area contributed by atoms with Gasteiger partial charge in [-0.25, -0.2) is 4.79 Å². The zero-order valence-electron chi connectivity index (χ0n) is 15.7. The van der Waals surface area contributed by atoms with Crippen molar-refractivity contribution in [2.45, 2.75) is 48.5 Å². The molecule has 0 fully saturated rings. The molecular formula is C20H33NO2. The van der Waals surface area contributed by atoms with Crippen LogP contribution in [0.1, 0.15) is 58.8 Å². The summed E-state index contributed by atoms with van der Waals surface area (Å²) in [6.45, 7) is 17.1. The van der Waals surface area contributed by atoms with Gasteiger partial charge in [0.15, 0.2) is 0 Å². The minimum Gasteiger partial charge on any atom is -0.478 e. The molecule has 3 heteroatoms. The maximum Gasteiger partial charge on any atom is 0.337 e. The van der Waals surface area contributed by atoms with Gasteiger partial charge in [0.2, 0.25) is 0 Å². The van der Waals surface area contributed by atoms with Gasteiger partial charge in [-0.1, -0.05) is 58.1 Å². The number of allylic oxidation sites excluding steroid dienone is 5. The Bertz CT molecular complexity index is 474. The molecule has 0 bridgehead atoms. The fourth-order valence-corrected chi connectivity index (χ4v) is 1.27. The molecular weight excluding hydrogens is 286 g/mol. The number of nitrogens with one attached hydrogen (secondary N) is 1. The zero-order chi connectivity index (χ0) is 18.7. The molecule has 3 nitrogen and oxygen atoms in total. The van der Waals surface area contributed by atoms with Gasteiger partial charge < -0.3 is 10.4 Å². The number of carboxylic acids is 1. The van der Waals surface area contributed by atoms with E-state index in [-0.39, 0.29) is 5.56 Å². The first-order valence-corrected chi connectivity index (χ1v) is 8.02. The van der Waals surface area contributed by atoms with Crippen molar-refractivity contribution in [1.82, 2.24) is 0 Å². The third-order valence-corrected chi connectivity index (χ3v) is 2.03. The van der Waals surface area contributed by atoms with Gasteiger partial charge in [-0.3, -0.25) is 0 Å². The van der Waals surface area contributed by atoms with Crippen molar-refractivity contribution in [2.75, 3.05) is 5.32 Å². The molecule has 130 valence electrons. The van der Waals surface area contributed by atoms with E-state index in [0.717, 1.165) is 5.70 Å². The molecule has 0 unspecified atom stereocenters. The van der Waals surface area contributed by atoms with E-state index < -0.39 is 5.97 Å². The van der Waals surface area contributed by atoms with Crippen LogP contribution in [0.15, 0.2) is 60.8 Å². The Balaban J connectivity index is -0.000000496. The van der Waals surface area contributed by atoms with E-state index in [1.807, 2.05) is 66.7 Å². The number of anilines is 1. The minimum atomic E-state index is -0.929. The van der Waals surface area contributed by atoms with Crippen LogP contribution in [0.2, 0.25) is 0 Å². The average molecular weight is 319 g/mol. The van der Waals surface area contributed by atoms with Crippen molar-refractivity contribution < 1.29 is 9.90 Å². The molecule has 1 aromatic carbocycles. The summed E-state index contributed by atoms with van der Waals surface area (Å²) in [7, 11) is 0. The quantitative estimate of drug-likeness (QED) is 0.490. The Hall–Kier alpha value is -2.29. The molecule has 0 saturated heterocycles. The number of para-hydroxylation sites is 1. The van der Waals surface area contributed by atoms with Crippen LogP contribution in [0.5, 0.6) is 0 Å². The number of carbonyl (C=O) groups is 1. The van der Waals surface area contributed by atoms with Gasteiger partial charge in [0, 0.05) is 5.70 Å². The van der Waals surface area contributed by atoms with E-state index >= 15 is 0 Å². The lowest BCUT2D eigenvalue weighted by Crippen LogP contribution is -2.04. The number of aromatic carboxylic acids is 1. The minimum absolute atomic E-state index is 0.274. The maximum absolute atomic E-state index is 10.9. The molecule has 0 aliphatic heterocycles. The number of rotatable bonds is 4. The standard InChI is InChI=1S/C13H15NO2.C3H6.2C2H6/c1-3-4-7-10(2)14-12-9-6-5-8-11(12)13(15)16;1-3-2;2*1-2/h3-9,14H,1-2H3,(H,15,16);3H,1H2,2H3;2*1-2H3/b4-3-,10-7+;;;. The van der Waals surface area contributed by atoms with Crippen LogP contribution in [-0.2, 0) is 0 Å². The molecule has 0 atom stereocenters. The molecule has 0 saturated carbocycles. The van der Waals surface area contributed by atoms with Crippen molar-refractivity contribution in [1.29, 1.82) is 0 Å². The highest BCUT2D eigenvalue weighted by molar-refractivity contribution is 5.94. The monoisotopic (exact) mass is 319 g/mol. The van der Waals surface area contributed by atoms with Crippen molar-refractivity contribution >= 4 is 11.7 Å². The Morgan fingerprint density at radius 1 is 1.13 bits per heavy atom. The Morgan fingerprint density at radius 2 is 1.61 bits per heavy atom. The lowest BCUT2D eigenvalue weighted by molar-refractivity contribution is 0.0698. The number of benzene rings is 1. The molecule has 0 aliphatic carbocycles. The lowest BCUT2D eigenvalue weighted by atomic mass is 10.1. The molecule has 2 N–H and O–H groups in total. The SMILES string of the molecule is C/C=C\C=C(/C)Nc1ccccc1C(=O)O.C=CC.CC.CC. The molecule has 0 amide bonds. The van der Waals surface area contributed by atoms with E-state index in [4.69, 9.17) is 5.11 Å². The van der Waals surface area contributed by atoms with Crippen LogP contribution in [0.3, 0.4) is 0 Å². The summed E-state index contributed by atoms with van der Waals surface area (Å²) in [6.07, 6.45) is 7.44. The van der Waals surface area contributed by atoms with E-state index in [0.29, 0.717) is 5.69 Å². The normalized spacial score (nSPS) is 9.26. The third kappa shape index (κ3) is 14.4. The lowest BCUT2D eigenvalue weighted by Gasteiger charge is -2.08. The smallest absolute Gasteiger partial charge is 0.337 e. The van der Waals surface area contributed by atoms with Gasteiger partial charge in [0.05, 0.1) is 11.3 Å². The summed E-state index contributed by atoms with van der Waals surface area (Å²) >= 11 is 0. The molecule has 23 heavy (non-hydrogen) atoms. The highest BCUT2D eigenvalue weighted by atomic mass is 16.4. The summed E-state index contributed by atoms with van der Waals surface area (Å²) in [5.74, 6) is -0.929. The van der Waals surface area contributed by atoms with Crippen molar-refractivity contribution in [2.24, 2.45) is 0 Å². The van der Waals surface area contributed by atoms with Crippen molar-refractivity contribution in [3.63, 3.8) is 0 Å². The Morgan fingerprint density at radius 3 is 2.04 bits per heavy atom. The van der Waals surface area contributed by atoms with Crippen LogP contribution in [0.25, 0.3) is 0 Å². The first kappa shape index (κ1) is 25.7. The largest absolute Gasteiger partial charge is 0.478 e. The van der Waals surface area contributed by atoms with Crippen molar-refractivity contribution in [3.8, 4) is 0 Å². The molecule has 0 aliphatic rings. The van der Waals surface area contributed by atoms with E-state index in [2.05, 4.69) is 11.9 Å². The van der Waals surface area contributed by atoms with Gasteiger partial charge >= 0.3 is 5.97 Å². The Labute approximate surface area is 142 Å². The van der Waals surface area contributed by atoms with Crippen LogP contribution >= 0.6 is 0 Å². The summed E-state index contributed by atoms with van der Waals surface area (Å²) < 4.78 is 0. The topological polar surface area (TPSA) is 49.3 Å². The third-order valence-electron chi connectivity index (χ3n) is 2.03.